The first-order valence-electron chi connectivity index (χ1n) is 6.87. The Bertz CT molecular complexity index is 635. The summed E-state index contributed by atoms with van der Waals surface area (Å²) in [6.07, 6.45) is 0. The van der Waals surface area contributed by atoms with Gasteiger partial charge in [0.05, 0.1) is 6.04 Å². The molecule has 0 radical (unpaired) electrons. The van der Waals surface area contributed by atoms with Crippen molar-refractivity contribution >= 4 is 27.6 Å². The molecule has 0 fully saturated rings. The van der Waals surface area contributed by atoms with E-state index in [1.165, 1.54) is 0 Å². The van der Waals surface area contributed by atoms with E-state index in [-0.39, 0.29) is 12.1 Å². The van der Waals surface area contributed by atoms with Gasteiger partial charge in [0, 0.05) is 10.2 Å². The monoisotopic (exact) mass is 346 g/mol. The molecule has 2 aromatic rings. The minimum atomic E-state index is -0.198. The van der Waals surface area contributed by atoms with Crippen LogP contribution in [0, 0.1) is 13.8 Å². The topological polar surface area (TPSA) is 41.1 Å². The van der Waals surface area contributed by atoms with Crippen LogP contribution >= 0.6 is 15.9 Å². The number of anilines is 1. The summed E-state index contributed by atoms with van der Waals surface area (Å²) in [7, 11) is 0. The number of hydrogen-bond donors (Lipinski definition) is 2. The zero-order valence-electron chi connectivity index (χ0n) is 12.4. The molecule has 0 spiro atoms. The molecule has 2 aromatic carbocycles. The van der Waals surface area contributed by atoms with Crippen LogP contribution in [-0.4, -0.2) is 6.03 Å². The van der Waals surface area contributed by atoms with Crippen molar-refractivity contribution in [2.45, 2.75) is 26.8 Å². The lowest BCUT2D eigenvalue weighted by molar-refractivity contribution is 0.249. The molecule has 0 saturated carbocycles. The Morgan fingerprint density at radius 1 is 1.05 bits per heavy atom. The van der Waals surface area contributed by atoms with E-state index in [0.29, 0.717) is 0 Å². The molecule has 2 amide bonds. The van der Waals surface area contributed by atoms with Gasteiger partial charge in [-0.3, -0.25) is 0 Å². The summed E-state index contributed by atoms with van der Waals surface area (Å²) >= 11 is 3.51. The average Bonchev–Trinajstić information content (AvgIpc) is 2.43. The smallest absolute Gasteiger partial charge is 0.319 e. The number of carbonyl (C=O) groups is 1. The summed E-state index contributed by atoms with van der Waals surface area (Å²) in [5.41, 5.74) is 4.03. The van der Waals surface area contributed by atoms with Crippen molar-refractivity contribution < 1.29 is 4.79 Å². The van der Waals surface area contributed by atoms with Gasteiger partial charge in [-0.15, -0.1) is 0 Å². The summed E-state index contributed by atoms with van der Waals surface area (Å²) in [6, 6.07) is 13.6. The van der Waals surface area contributed by atoms with Crippen LogP contribution in [0.2, 0.25) is 0 Å². The Labute approximate surface area is 133 Å². The summed E-state index contributed by atoms with van der Waals surface area (Å²) in [6.45, 7) is 5.93. The largest absolute Gasteiger partial charge is 0.331 e. The van der Waals surface area contributed by atoms with Gasteiger partial charge in [-0.05, 0) is 43.5 Å². The van der Waals surface area contributed by atoms with Crippen LogP contribution < -0.4 is 10.6 Å². The molecule has 0 unspecified atom stereocenters. The molecule has 0 heterocycles. The molecule has 4 heteroatoms. The molecule has 0 bridgehead atoms. The molecule has 2 N–H and O–H groups in total. The molecule has 0 aliphatic carbocycles. The highest BCUT2D eigenvalue weighted by atomic mass is 79.9. The Kier molecular flexibility index (Phi) is 5.02. The molecule has 0 saturated heterocycles. The van der Waals surface area contributed by atoms with Crippen LogP contribution in [0.4, 0.5) is 10.5 Å². The summed E-state index contributed by atoms with van der Waals surface area (Å²) in [4.78, 5) is 12.2. The van der Waals surface area contributed by atoms with Crippen LogP contribution in [0.15, 0.2) is 46.9 Å². The van der Waals surface area contributed by atoms with Gasteiger partial charge < -0.3 is 10.6 Å². The number of rotatable bonds is 3. The first-order chi connectivity index (χ1) is 9.99. The number of nitrogens with one attached hydrogen (secondary N) is 2. The third kappa shape index (κ3) is 3.85. The molecule has 3 nitrogen and oxygen atoms in total. The average molecular weight is 347 g/mol. The van der Waals surface area contributed by atoms with Gasteiger partial charge in [0.2, 0.25) is 0 Å². The number of aryl methyl sites for hydroxylation is 2. The maximum Gasteiger partial charge on any atom is 0.319 e. The fourth-order valence-corrected chi connectivity index (χ4v) is 2.89. The molecular formula is C17H19BrN2O. The molecule has 110 valence electrons. The maximum atomic E-state index is 12.2. The minimum Gasteiger partial charge on any atom is -0.331 e. The Morgan fingerprint density at radius 2 is 1.67 bits per heavy atom. The predicted molar refractivity (Wildman–Crippen MR) is 90.6 cm³/mol. The summed E-state index contributed by atoms with van der Waals surface area (Å²) in [5.74, 6) is 0. The molecule has 2 rings (SSSR count). The lowest BCUT2D eigenvalue weighted by Crippen LogP contribution is -2.31. The standard InChI is InChI=1S/C17H19BrN2O/c1-11-7-6-8-12(2)16(11)20-17(21)19-13(3)14-9-4-5-10-15(14)18/h4-10,13H,1-3H3,(H2,19,20,21)/t13-/m1/s1. The highest BCUT2D eigenvalue weighted by Gasteiger charge is 2.13. The predicted octanol–water partition coefficient (Wildman–Crippen LogP) is 4.95. The third-order valence-electron chi connectivity index (χ3n) is 3.44. The second-order valence-electron chi connectivity index (χ2n) is 5.11. The van der Waals surface area contributed by atoms with Gasteiger partial charge in [-0.1, -0.05) is 52.3 Å². The van der Waals surface area contributed by atoms with Gasteiger partial charge in [-0.2, -0.15) is 0 Å². The molecule has 0 aliphatic heterocycles. The zero-order valence-corrected chi connectivity index (χ0v) is 14.0. The summed E-state index contributed by atoms with van der Waals surface area (Å²) in [5, 5.41) is 5.89. The van der Waals surface area contributed by atoms with Gasteiger partial charge in [0.1, 0.15) is 0 Å². The molecule has 0 aliphatic rings. The SMILES string of the molecule is Cc1cccc(C)c1NC(=O)N[C@H](C)c1ccccc1Br. The highest BCUT2D eigenvalue weighted by molar-refractivity contribution is 9.10. The van der Waals surface area contributed by atoms with E-state index >= 15 is 0 Å². The Hall–Kier alpha value is -1.81. The second-order valence-corrected chi connectivity index (χ2v) is 5.96. The molecule has 0 aromatic heterocycles. The van der Waals surface area contributed by atoms with Crippen LogP contribution in [0.5, 0.6) is 0 Å². The molecule has 1 atom stereocenters. The fraction of sp³-hybridized carbons (Fsp3) is 0.235. The molecule has 21 heavy (non-hydrogen) atoms. The van der Waals surface area contributed by atoms with Crippen molar-refractivity contribution in [1.82, 2.24) is 5.32 Å². The number of amides is 2. The second kappa shape index (κ2) is 6.76. The number of carbonyl (C=O) groups excluding carboxylic acids is 1. The van der Waals surface area contributed by atoms with Gasteiger partial charge in [-0.25, -0.2) is 4.79 Å². The molecular weight excluding hydrogens is 328 g/mol. The van der Waals surface area contributed by atoms with Crippen molar-refractivity contribution in [3.63, 3.8) is 0 Å². The fourth-order valence-electron chi connectivity index (χ4n) is 2.26. The van der Waals surface area contributed by atoms with Crippen LogP contribution in [0.25, 0.3) is 0 Å². The number of urea groups is 1. The van der Waals surface area contributed by atoms with Crippen molar-refractivity contribution in [3.05, 3.63) is 63.6 Å². The van der Waals surface area contributed by atoms with E-state index in [0.717, 1.165) is 26.9 Å². The van der Waals surface area contributed by atoms with E-state index in [1.54, 1.807) is 0 Å². The van der Waals surface area contributed by atoms with Crippen LogP contribution in [-0.2, 0) is 0 Å². The van der Waals surface area contributed by atoms with Gasteiger partial charge >= 0.3 is 6.03 Å². The number of hydrogen-bond acceptors (Lipinski definition) is 1. The lowest BCUT2D eigenvalue weighted by Gasteiger charge is -2.18. The van der Waals surface area contributed by atoms with E-state index < -0.39 is 0 Å². The highest BCUT2D eigenvalue weighted by Crippen LogP contribution is 2.23. The minimum absolute atomic E-state index is 0.0788. The summed E-state index contributed by atoms with van der Waals surface area (Å²) < 4.78 is 0.991. The number of para-hydroxylation sites is 1. The third-order valence-corrected chi connectivity index (χ3v) is 4.16. The van der Waals surface area contributed by atoms with E-state index in [4.69, 9.17) is 0 Å². The van der Waals surface area contributed by atoms with Gasteiger partial charge in [0.25, 0.3) is 0 Å². The van der Waals surface area contributed by atoms with Crippen molar-refractivity contribution in [2.75, 3.05) is 5.32 Å². The first-order valence-corrected chi connectivity index (χ1v) is 7.66. The Morgan fingerprint density at radius 3 is 2.29 bits per heavy atom. The van der Waals surface area contributed by atoms with E-state index in [2.05, 4.69) is 26.6 Å². The quantitative estimate of drug-likeness (QED) is 0.811. The number of benzene rings is 2. The van der Waals surface area contributed by atoms with Crippen molar-refractivity contribution in [2.24, 2.45) is 0 Å². The van der Waals surface area contributed by atoms with Crippen LogP contribution in [0.1, 0.15) is 29.7 Å². The van der Waals surface area contributed by atoms with Crippen LogP contribution in [0.3, 0.4) is 0 Å². The lowest BCUT2D eigenvalue weighted by atomic mass is 10.1. The van der Waals surface area contributed by atoms with Crippen molar-refractivity contribution in [1.29, 1.82) is 0 Å². The normalized spacial score (nSPS) is 11.8. The first kappa shape index (κ1) is 15.6. The van der Waals surface area contributed by atoms with Gasteiger partial charge in [0.15, 0.2) is 0 Å². The number of halogens is 1. The van der Waals surface area contributed by atoms with E-state index in [9.17, 15) is 4.79 Å². The maximum absolute atomic E-state index is 12.2. The zero-order chi connectivity index (χ0) is 15.4. The van der Waals surface area contributed by atoms with Crippen molar-refractivity contribution in [3.8, 4) is 0 Å². The van der Waals surface area contributed by atoms with E-state index in [1.807, 2.05) is 63.2 Å². The Balaban J connectivity index is 2.07.